The number of methoxy groups -OCH3 is 2. The minimum atomic E-state index is 0.467. The van der Waals surface area contributed by atoms with E-state index in [2.05, 4.69) is 29.0 Å². The maximum absolute atomic E-state index is 5.37. The second kappa shape index (κ2) is 7.38. The van der Waals surface area contributed by atoms with Gasteiger partial charge < -0.3 is 18.6 Å². The van der Waals surface area contributed by atoms with Gasteiger partial charge in [-0.15, -0.1) is 0 Å². The Morgan fingerprint density at radius 2 is 1.96 bits per heavy atom. The summed E-state index contributed by atoms with van der Waals surface area (Å²) in [6.45, 7) is 4.72. The summed E-state index contributed by atoms with van der Waals surface area (Å²) >= 11 is 0. The van der Waals surface area contributed by atoms with Crippen LogP contribution in [-0.4, -0.2) is 33.9 Å². The first-order chi connectivity index (χ1) is 12.1. The molecule has 3 aromatic rings. The minimum Gasteiger partial charge on any atom is -0.493 e. The number of hydrogen-bond donors (Lipinski definition) is 0. The fourth-order valence-electron chi connectivity index (χ4n) is 2.62. The highest BCUT2D eigenvalue weighted by Crippen LogP contribution is 2.31. The van der Waals surface area contributed by atoms with E-state index in [0.717, 1.165) is 23.6 Å². The average molecular weight is 342 g/mol. The first kappa shape index (κ1) is 17.0. The van der Waals surface area contributed by atoms with Crippen LogP contribution in [0.5, 0.6) is 11.5 Å². The van der Waals surface area contributed by atoms with E-state index >= 15 is 0 Å². The molecular formula is C18H22N4O3. The number of nitrogens with zero attached hydrogens (tertiary/aromatic N) is 4. The zero-order valence-corrected chi connectivity index (χ0v) is 14.9. The molecule has 132 valence electrons. The molecule has 3 rings (SSSR count). The van der Waals surface area contributed by atoms with Gasteiger partial charge >= 0.3 is 0 Å². The van der Waals surface area contributed by atoms with Gasteiger partial charge in [-0.05, 0) is 24.1 Å². The van der Waals surface area contributed by atoms with Crippen LogP contribution in [0.25, 0.3) is 11.4 Å². The molecule has 25 heavy (non-hydrogen) atoms. The molecule has 0 aliphatic rings. The molecule has 0 amide bonds. The van der Waals surface area contributed by atoms with Crippen molar-refractivity contribution in [2.75, 3.05) is 14.2 Å². The molecule has 0 unspecified atom stereocenters. The van der Waals surface area contributed by atoms with E-state index in [1.54, 1.807) is 20.4 Å². The standard InChI is InChI=1S/C18H22N4O3/c1-12(2)9-16-20-17(25-21-16)11-22-8-7-19-18(22)13-5-6-14(23-3)15(10-13)24-4/h5-8,10,12H,9,11H2,1-4H3. The Hall–Kier alpha value is -2.83. The van der Waals surface area contributed by atoms with Gasteiger partial charge in [0.05, 0.1) is 14.2 Å². The molecule has 0 saturated heterocycles. The van der Waals surface area contributed by atoms with E-state index in [0.29, 0.717) is 29.9 Å². The maximum Gasteiger partial charge on any atom is 0.246 e. The van der Waals surface area contributed by atoms with Gasteiger partial charge in [-0.2, -0.15) is 4.98 Å². The third kappa shape index (κ3) is 3.81. The Balaban J connectivity index is 1.84. The molecular weight excluding hydrogens is 320 g/mol. The number of rotatable bonds is 7. The molecule has 0 N–H and O–H groups in total. The fourth-order valence-corrected chi connectivity index (χ4v) is 2.62. The third-order valence-electron chi connectivity index (χ3n) is 3.76. The van der Waals surface area contributed by atoms with Gasteiger partial charge in [-0.25, -0.2) is 4.98 Å². The van der Waals surface area contributed by atoms with Gasteiger partial charge in [0.15, 0.2) is 17.3 Å². The zero-order valence-electron chi connectivity index (χ0n) is 14.9. The van der Waals surface area contributed by atoms with Crippen molar-refractivity contribution >= 4 is 0 Å². The highest BCUT2D eigenvalue weighted by molar-refractivity contribution is 5.61. The van der Waals surface area contributed by atoms with Gasteiger partial charge in [-0.1, -0.05) is 19.0 Å². The molecule has 0 spiro atoms. The van der Waals surface area contributed by atoms with Crippen LogP contribution in [0.2, 0.25) is 0 Å². The average Bonchev–Trinajstić information content (AvgIpc) is 3.23. The maximum atomic E-state index is 5.37. The Kier molecular flexibility index (Phi) is 5.02. The van der Waals surface area contributed by atoms with Crippen molar-refractivity contribution in [2.24, 2.45) is 5.92 Å². The summed E-state index contributed by atoms with van der Waals surface area (Å²) in [4.78, 5) is 8.90. The fraction of sp³-hybridized carbons (Fsp3) is 0.389. The van der Waals surface area contributed by atoms with E-state index in [4.69, 9.17) is 14.0 Å². The largest absolute Gasteiger partial charge is 0.493 e. The van der Waals surface area contributed by atoms with Crippen LogP contribution in [0.1, 0.15) is 25.6 Å². The summed E-state index contributed by atoms with van der Waals surface area (Å²) in [6, 6.07) is 5.70. The third-order valence-corrected chi connectivity index (χ3v) is 3.76. The van der Waals surface area contributed by atoms with Crippen molar-refractivity contribution < 1.29 is 14.0 Å². The molecule has 1 aromatic carbocycles. The summed E-state index contributed by atoms with van der Waals surface area (Å²) in [6.07, 6.45) is 4.44. The first-order valence-corrected chi connectivity index (χ1v) is 8.15. The van der Waals surface area contributed by atoms with E-state index in [9.17, 15) is 0 Å². The lowest BCUT2D eigenvalue weighted by Gasteiger charge is -2.10. The lowest BCUT2D eigenvalue weighted by molar-refractivity contribution is 0.355. The quantitative estimate of drug-likeness (QED) is 0.656. The van der Waals surface area contributed by atoms with Crippen molar-refractivity contribution in [3.05, 3.63) is 42.3 Å². The van der Waals surface area contributed by atoms with Crippen LogP contribution in [-0.2, 0) is 13.0 Å². The van der Waals surface area contributed by atoms with Crippen LogP contribution in [0.3, 0.4) is 0 Å². The van der Waals surface area contributed by atoms with Gasteiger partial charge in [0.1, 0.15) is 12.4 Å². The zero-order chi connectivity index (χ0) is 17.8. The Morgan fingerprint density at radius 1 is 1.16 bits per heavy atom. The van der Waals surface area contributed by atoms with Crippen molar-refractivity contribution in [2.45, 2.75) is 26.8 Å². The van der Waals surface area contributed by atoms with Gasteiger partial charge in [-0.3, -0.25) is 0 Å². The lowest BCUT2D eigenvalue weighted by Crippen LogP contribution is -2.02. The van der Waals surface area contributed by atoms with Crippen molar-refractivity contribution in [3.8, 4) is 22.9 Å². The predicted octanol–water partition coefficient (Wildman–Crippen LogP) is 3.20. The summed E-state index contributed by atoms with van der Waals surface area (Å²) in [5, 5.41) is 4.03. The number of aromatic nitrogens is 4. The van der Waals surface area contributed by atoms with E-state index in [1.807, 2.05) is 29.0 Å². The van der Waals surface area contributed by atoms with Gasteiger partial charge in [0.25, 0.3) is 0 Å². The van der Waals surface area contributed by atoms with Crippen LogP contribution in [0, 0.1) is 5.92 Å². The molecule has 0 atom stereocenters. The van der Waals surface area contributed by atoms with Crippen LogP contribution in [0.4, 0.5) is 0 Å². The summed E-state index contributed by atoms with van der Waals surface area (Å²) in [7, 11) is 3.23. The van der Waals surface area contributed by atoms with Crippen LogP contribution >= 0.6 is 0 Å². The van der Waals surface area contributed by atoms with Gasteiger partial charge in [0.2, 0.25) is 5.89 Å². The number of ether oxygens (including phenoxy) is 2. The monoisotopic (exact) mass is 342 g/mol. The molecule has 2 heterocycles. The Labute approximate surface area is 146 Å². The highest BCUT2D eigenvalue weighted by atomic mass is 16.5. The molecule has 7 heteroatoms. The van der Waals surface area contributed by atoms with Crippen molar-refractivity contribution in [1.82, 2.24) is 19.7 Å². The van der Waals surface area contributed by atoms with E-state index in [-0.39, 0.29) is 0 Å². The molecule has 0 aliphatic heterocycles. The summed E-state index contributed by atoms with van der Waals surface area (Å²) in [5.74, 6) is 3.92. The molecule has 0 fully saturated rings. The number of hydrogen-bond acceptors (Lipinski definition) is 6. The Bertz CT molecular complexity index is 838. The smallest absolute Gasteiger partial charge is 0.246 e. The topological polar surface area (TPSA) is 75.2 Å². The molecule has 0 aliphatic carbocycles. The summed E-state index contributed by atoms with van der Waals surface area (Å²) in [5.41, 5.74) is 0.921. The molecule has 0 saturated carbocycles. The Morgan fingerprint density at radius 3 is 2.68 bits per heavy atom. The number of imidazole rings is 1. The minimum absolute atomic E-state index is 0.467. The first-order valence-electron chi connectivity index (χ1n) is 8.15. The molecule has 7 nitrogen and oxygen atoms in total. The van der Waals surface area contributed by atoms with Crippen LogP contribution < -0.4 is 9.47 Å². The SMILES string of the molecule is COc1ccc(-c2nccn2Cc2nc(CC(C)C)no2)cc1OC. The van der Waals surface area contributed by atoms with Crippen LogP contribution in [0.15, 0.2) is 35.1 Å². The summed E-state index contributed by atoms with van der Waals surface area (Å²) < 4.78 is 18.0. The van der Waals surface area contributed by atoms with Gasteiger partial charge in [0, 0.05) is 24.4 Å². The highest BCUT2D eigenvalue weighted by Gasteiger charge is 2.14. The van der Waals surface area contributed by atoms with Crippen molar-refractivity contribution in [3.63, 3.8) is 0 Å². The van der Waals surface area contributed by atoms with E-state index in [1.165, 1.54) is 0 Å². The predicted molar refractivity (Wildman–Crippen MR) is 92.7 cm³/mol. The normalized spacial score (nSPS) is 11.1. The molecule has 2 aromatic heterocycles. The second-order valence-corrected chi connectivity index (χ2v) is 6.15. The molecule has 0 radical (unpaired) electrons. The molecule has 0 bridgehead atoms. The second-order valence-electron chi connectivity index (χ2n) is 6.15. The van der Waals surface area contributed by atoms with Crippen molar-refractivity contribution in [1.29, 1.82) is 0 Å². The lowest BCUT2D eigenvalue weighted by atomic mass is 10.1. The number of benzene rings is 1. The van der Waals surface area contributed by atoms with E-state index < -0.39 is 0 Å².